The topological polar surface area (TPSA) is 125 Å². The van der Waals surface area contributed by atoms with E-state index in [1.54, 1.807) is 14.2 Å². The van der Waals surface area contributed by atoms with Gasteiger partial charge in [-0.3, -0.25) is 14.5 Å². The van der Waals surface area contributed by atoms with Crippen molar-refractivity contribution in [1.82, 2.24) is 24.4 Å². The van der Waals surface area contributed by atoms with E-state index in [4.69, 9.17) is 15.2 Å². The molecule has 0 unspecified atom stereocenters. The highest BCUT2D eigenvalue weighted by molar-refractivity contribution is 7.99. The van der Waals surface area contributed by atoms with Gasteiger partial charge in [-0.2, -0.15) is 0 Å². The van der Waals surface area contributed by atoms with Gasteiger partial charge in [0.15, 0.2) is 22.1 Å². The minimum atomic E-state index is -0.127. The number of nitrogens with two attached hydrogens (primary N) is 1. The molecular formula is C24H28N6O4S. The smallest absolute Gasteiger partial charge is 0.229 e. The lowest BCUT2D eigenvalue weighted by Crippen LogP contribution is -2.48. The molecule has 2 N–H and O–H groups in total. The third-order valence-corrected chi connectivity index (χ3v) is 8.00. The van der Waals surface area contributed by atoms with Crippen LogP contribution in [0.4, 0.5) is 5.82 Å². The number of aromatic nitrogens is 4. The van der Waals surface area contributed by atoms with Crippen LogP contribution < -0.4 is 15.2 Å². The van der Waals surface area contributed by atoms with E-state index < -0.39 is 0 Å². The van der Waals surface area contributed by atoms with E-state index in [1.807, 2.05) is 22.8 Å². The monoisotopic (exact) mass is 496 g/mol. The number of anilines is 1. The van der Waals surface area contributed by atoms with Crippen molar-refractivity contribution in [1.29, 1.82) is 0 Å². The van der Waals surface area contributed by atoms with Crippen molar-refractivity contribution in [3.8, 4) is 11.5 Å². The summed E-state index contributed by atoms with van der Waals surface area (Å²) < 4.78 is 12.8. The van der Waals surface area contributed by atoms with Gasteiger partial charge >= 0.3 is 0 Å². The predicted molar refractivity (Wildman–Crippen MR) is 130 cm³/mol. The first kappa shape index (κ1) is 23.4. The van der Waals surface area contributed by atoms with Gasteiger partial charge in [-0.15, -0.1) is 0 Å². The highest BCUT2D eigenvalue weighted by atomic mass is 32.2. The number of hydrogen-bond donors (Lipinski definition) is 1. The fourth-order valence-electron chi connectivity index (χ4n) is 5.14. The molecule has 1 saturated heterocycles. The number of ether oxygens (including phenoxy) is 2. The molecule has 0 radical (unpaired) electrons. The molecule has 0 atom stereocenters. The van der Waals surface area contributed by atoms with Gasteiger partial charge in [-0.05, 0) is 48.2 Å². The number of nitrogen functional groups attached to an aromatic ring is 1. The Kier molecular flexibility index (Phi) is 6.26. The summed E-state index contributed by atoms with van der Waals surface area (Å²) in [5, 5.41) is 0.600. The van der Waals surface area contributed by atoms with E-state index in [0.29, 0.717) is 47.2 Å². The van der Waals surface area contributed by atoms with Gasteiger partial charge in [0.2, 0.25) is 11.8 Å². The van der Waals surface area contributed by atoms with Crippen LogP contribution in [0.3, 0.4) is 0 Å². The molecule has 10 nitrogen and oxygen atoms in total. The van der Waals surface area contributed by atoms with Crippen LogP contribution in [0, 0.1) is 5.41 Å². The number of piperidine rings is 1. The van der Waals surface area contributed by atoms with Crippen LogP contribution in [0.1, 0.15) is 38.5 Å². The summed E-state index contributed by atoms with van der Waals surface area (Å²) in [5.41, 5.74) is 6.97. The minimum Gasteiger partial charge on any atom is -0.497 e. The fraction of sp³-hybridized carbons (Fsp3) is 0.458. The van der Waals surface area contributed by atoms with Crippen LogP contribution in [-0.2, 0) is 16.1 Å². The lowest BCUT2D eigenvalue weighted by atomic mass is 9.76. The van der Waals surface area contributed by atoms with E-state index in [9.17, 15) is 9.59 Å². The zero-order valence-electron chi connectivity index (χ0n) is 19.8. The summed E-state index contributed by atoms with van der Waals surface area (Å²) >= 11 is 1.37. The number of carbonyl (C=O) groups is 2. The molecule has 1 spiro atoms. The van der Waals surface area contributed by atoms with Crippen molar-refractivity contribution in [2.45, 2.75) is 55.1 Å². The van der Waals surface area contributed by atoms with Gasteiger partial charge in [0.1, 0.15) is 17.8 Å². The Hall–Kier alpha value is -3.34. The first-order valence-electron chi connectivity index (χ1n) is 11.6. The van der Waals surface area contributed by atoms with Crippen LogP contribution in [-0.4, -0.2) is 57.0 Å². The van der Waals surface area contributed by atoms with E-state index in [0.717, 1.165) is 30.6 Å². The summed E-state index contributed by atoms with van der Waals surface area (Å²) in [5.74, 6) is 1.43. The Morgan fingerprint density at radius 2 is 1.80 bits per heavy atom. The lowest BCUT2D eigenvalue weighted by molar-refractivity contribution is -0.153. The second-order valence-corrected chi connectivity index (χ2v) is 10.1. The van der Waals surface area contributed by atoms with Crippen molar-refractivity contribution >= 4 is 40.6 Å². The Balaban J connectivity index is 1.44. The molecule has 3 aromatic rings. The number of likely N-dealkylation sites (tertiary alicyclic amines) is 1. The molecule has 184 valence electrons. The summed E-state index contributed by atoms with van der Waals surface area (Å²) in [6.07, 6.45) is 6.39. The first-order valence-corrected chi connectivity index (χ1v) is 12.4. The zero-order valence-corrected chi connectivity index (χ0v) is 20.6. The molecule has 1 aliphatic heterocycles. The van der Waals surface area contributed by atoms with E-state index in [2.05, 4.69) is 15.0 Å². The van der Waals surface area contributed by atoms with Crippen molar-refractivity contribution in [2.24, 2.45) is 5.41 Å². The highest BCUT2D eigenvalue weighted by Gasteiger charge is 2.44. The van der Waals surface area contributed by atoms with Crippen LogP contribution in [0.2, 0.25) is 0 Å². The number of methoxy groups -OCH3 is 2. The van der Waals surface area contributed by atoms with Crippen molar-refractivity contribution < 1.29 is 19.1 Å². The maximum absolute atomic E-state index is 13.0. The third-order valence-electron chi connectivity index (χ3n) is 6.96. The van der Waals surface area contributed by atoms with Crippen molar-refractivity contribution in [3.05, 3.63) is 24.5 Å². The van der Waals surface area contributed by atoms with Gasteiger partial charge < -0.3 is 19.8 Å². The largest absolute Gasteiger partial charge is 0.497 e. The number of amides is 2. The van der Waals surface area contributed by atoms with Crippen molar-refractivity contribution in [2.75, 3.05) is 26.5 Å². The first-order chi connectivity index (χ1) is 16.9. The summed E-state index contributed by atoms with van der Waals surface area (Å²) in [6.45, 7) is 0.581. The summed E-state index contributed by atoms with van der Waals surface area (Å²) in [6, 6.07) is 5.51. The number of benzene rings is 1. The molecule has 2 aliphatic rings. The fourth-order valence-corrected chi connectivity index (χ4v) is 6.19. The molecule has 0 bridgehead atoms. The summed E-state index contributed by atoms with van der Waals surface area (Å²) in [7, 11) is 3.20. The molecular weight excluding hydrogens is 468 g/mol. The second kappa shape index (κ2) is 9.37. The minimum absolute atomic E-state index is 0.0922. The average molecular weight is 497 g/mol. The number of imide groups is 1. The molecule has 2 aromatic heterocycles. The third kappa shape index (κ3) is 4.40. The second-order valence-electron chi connectivity index (χ2n) is 9.10. The SMILES string of the molecule is COc1ccc(OC)c(Sc2nc3c(N)ncnc3n2CCN2C(=O)CC3(CCCC3)CC2=O)c1. The van der Waals surface area contributed by atoms with Gasteiger partial charge in [-0.1, -0.05) is 12.8 Å². The molecule has 2 amide bonds. The maximum atomic E-state index is 13.0. The molecule has 1 aromatic carbocycles. The highest BCUT2D eigenvalue weighted by Crippen LogP contribution is 2.47. The molecule has 35 heavy (non-hydrogen) atoms. The number of carbonyl (C=O) groups excluding carboxylic acids is 2. The Morgan fingerprint density at radius 1 is 1.06 bits per heavy atom. The predicted octanol–water partition coefficient (Wildman–Crippen LogP) is 3.29. The Labute approximate surface area is 207 Å². The Bertz CT molecular complexity index is 1270. The van der Waals surface area contributed by atoms with Crippen LogP contribution in [0.5, 0.6) is 11.5 Å². The lowest BCUT2D eigenvalue weighted by Gasteiger charge is -2.37. The quantitative estimate of drug-likeness (QED) is 0.490. The average Bonchev–Trinajstić information content (AvgIpc) is 3.43. The maximum Gasteiger partial charge on any atom is 0.229 e. The van der Waals surface area contributed by atoms with Gasteiger partial charge in [0, 0.05) is 25.9 Å². The summed E-state index contributed by atoms with van der Waals surface area (Å²) in [4.78, 5) is 41.3. The molecule has 5 rings (SSSR count). The molecule has 11 heteroatoms. The number of fused-ring (bicyclic) bond motifs is 1. The molecule has 3 heterocycles. The number of imidazole rings is 1. The normalized spacial score (nSPS) is 17.5. The standard InChI is InChI=1S/C24H28N6O4S/c1-33-15-5-6-16(34-2)17(11-15)35-23-28-20-21(25)26-14-27-22(20)30(23)10-9-29-18(31)12-24(13-19(29)32)7-3-4-8-24/h5-6,11,14H,3-4,7-10,12-13H2,1-2H3,(H2,25,26,27). The van der Waals surface area contributed by atoms with E-state index in [1.165, 1.54) is 23.0 Å². The van der Waals surface area contributed by atoms with Crippen molar-refractivity contribution in [3.63, 3.8) is 0 Å². The van der Waals surface area contributed by atoms with E-state index in [-0.39, 0.29) is 29.6 Å². The Morgan fingerprint density at radius 3 is 2.49 bits per heavy atom. The number of hydrogen-bond acceptors (Lipinski definition) is 9. The van der Waals surface area contributed by atoms with Crippen LogP contribution >= 0.6 is 11.8 Å². The van der Waals surface area contributed by atoms with Gasteiger partial charge in [-0.25, -0.2) is 15.0 Å². The van der Waals surface area contributed by atoms with Gasteiger partial charge in [0.25, 0.3) is 0 Å². The zero-order chi connectivity index (χ0) is 24.6. The van der Waals surface area contributed by atoms with E-state index >= 15 is 0 Å². The van der Waals surface area contributed by atoms with Crippen LogP contribution in [0.15, 0.2) is 34.6 Å². The molecule has 2 fully saturated rings. The number of rotatable bonds is 7. The van der Waals surface area contributed by atoms with Gasteiger partial charge in [0.05, 0.1) is 19.1 Å². The molecule has 1 saturated carbocycles. The number of nitrogens with zero attached hydrogens (tertiary/aromatic N) is 5. The molecule has 1 aliphatic carbocycles. The van der Waals surface area contributed by atoms with Crippen LogP contribution in [0.25, 0.3) is 11.2 Å².